The summed E-state index contributed by atoms with van der Waals surface area (Å²) >= 11 is 0. The minimum atomic E-state index is -0.181. The summed E-state index contributed by atoms with van der Waals surface area (Å²) in [4.78, 5) is 28.4. The smallest absolute Gasteiger partial charge is 0.305 e. The number of rotatable bonds is 4. The zero-order chi connectivity index (χ0) is 16.4. The molecule has 0 bridgehead atoms. The van der Waals surface area contributed by atoms with Gasteiger partial charge in [0.2, 0.25) is 6.41 Å². The van der Waals surface area contributed by atoms with Gasteiger partial charge in [-0.2, -0.15) is 0 Å². The number of likely N-dealkylation sites (tertiary alicyclic amines) is 1. The maximum absolute atomic E-state index is 11.7. The van der Waals surface area contributed by atoms with Gasteiger partial charge >= 0.3 is 5.97 Å². The lowest BCUT2D eigenvalue weighted by atomic mass is 9.76. The molecule has 122 valence electrons. The number of H-pyrrole nitrogens is 1. The van der Waals surface area contributed by atoms with Gasteiger partial charge in [-0.1, -0.05) is 25.1 Å². The number of benzene rings is 1. The number of aromatic nitrogens is 1. The van der Waals surface area contributed by atoms with Gasteiger partial charge in [-0.05, 0) is 24.3 Å². The van der Waals surface area contributed by atoms with E-state index in [1.807, 2.05) is 29.3 Å². The maximum Gasteiger partial charge on any atom is 0.305 e. The Kier molecular flexibility index (Phi) is 4.37. The number of esters is 1. The monoisotopic (exact) mass is 314 g/mol. The largest absolute Gasteiger partial charge is 0.469 e. The highest BCUT2D eigenvalue weighted by Crippen LogP contribution is 2.42. The number of carbonyl (C=O) groups excluding carboxylic acids is 2. The summed E-state index contributed by atoms with van der Waals surface area (Å²) < 4.78 is 4.82. The van der Waals surface area contributed by atoms with Crippen LogP contribution in [-0.2, 0) is 14.3 Å². The fourth-order valence-corrected chi connectivity index (χ4v) is 3.78. The first-order valence-electron chi connectivity index (χ1n) is 7.99. The second kappa shape index (κ2) is 6.44. The molecule has 0 unspecified atom stereocenters. The van der Waals surface area contributed by atoms with Gasteiger partial charge in [-0.3, -0.25) is 9.59 Å². The predicted molar refractivity (Wildman–Crippen MR) is 87.7 cm³/mol. The van der Waals surface area contributed by atoms with E-state index in [0.717, 1.165) is 29.3 Å². The maximum atomic E-state index is 11.7. The number of nitrogens with one attached hydrogen (secondary N) is 1. The van der Waals surface area contributed by atoms with Crippen molar-refractivity contribution in [1.29, 1.82) is 0 Å². The summed E-state index contributed by atoms with van der Waals surface area (Å²) in [6.07, 6.45) is 4.15. The van der Waals surface area contributed by atoms with Crippen molar-refractivity contribution in [3.8, 4) is 0 Å². The summed E-state index contributed by atoms with van der Waals surface area (Å²) in [6, 6.07) is 8.08. The number of para-hydroxylation sites is 1. The van der Waals surface area contributed by atoms with Crippen LogP contribution in [0, 0.1) is 11.8 Å². The molecule has 0 saturated carbocycles. The highest BCUT2D eigenvalue weighted by atomic mass is 16.5. The van der Waals surface area contributed by atoms with Crippen LogP contribution in [0.25, 0.3) is 10.9 Å². The van der Waals surface area contributed by atoms with Crippen molar-refractivity contribution < 1.29 is 14.3 Å². The van der Waals surface area contributed by atoms with Crippen molar-refractivity contribution in [1.82, 2.24) is 9.88 Å². The first kappa shape index (κ1) is 15.6. The lowest BCUT2D eigenvalue weighted by molar-refractivity contribution is -0.143. The van der Waals surface area contributed by atoms with Crippen molar-refractivity contribution in [2.45, 2.75) is 25.8 Å². The molecule has 5 heteroatoms. The van der Waals surface area contributed by atoms with E-state index in [-0.39, 0.29) is 23.8 Å². The van der Waals surface area contributed by atoms with Gasteiger partial charge in [-0.15, -0.1) is 0 Å². The summed E-state index contributed by atoms with van der Waals surface area (Å²) in [5.41, 5.74) is 2.19. The number of fused-ring (bicyclic) bond motifs is 1. The number of hydrogen-bond acceptors (Lipinski definition) is 3. The zero-order valence-electron chi connectivity index (χ0n) is 13.5. The van der Waals surface area contributed by atoms with Crippen LogP contribution in [0.3, 0.4) is 0 Å². The fraction of sp³-hybridized carbons (Fsp3) is 0.444. The van der Waals surface area contributed by atoms with E-state index in [0.29, 0.717) is 13.0 Å². The van der Waals surface area contributed by atoms with Gasteiger partial charge in [0, 0.05) is 35.6 Å². The number of amides is 1. The lowest BCUT2D eigenvalue weighted by Gasteiger charge is -2.42. The van der Waals surface area contributed by atoms with Crippen LogP contribution in [-0.4, -0.2) is 35.9 Å². The Hall–Kier alpha value is -2.30. The van der Waals surface area contributed by atoms with Crippen LogP contribution in [0.2, 0.25) is 0 Å². The standard InChI is InChI=1S/C18H22N2O3/c1-12-13(9-17(22)23-2)7-8-20(11-21)18(12)15-10-19-16-6-4-3-5-14(15)16/h3-6,10-13,18-19H,7-9H2,1-2H3/t12-,13-,18-/m0/s1. The molecule has 1 saturated heterocycles. The molecule has 2 heterocycles. The minimum Gasteiger partial charge on any atom is -0.469 e. The Morgan fingerprint density at radius 1 is 1.43 bits per heavy atom. The normalized spacial score (nSPS) is 24.6. The van der Waals surface area contributed by atoms with Crippen LogP contribution >= 0.6 is 0 Å². The highest BCUT2D eigenvalue weighted by molar-refractivity contribution is 5.84. The highest BCUT2D eigenvalue weighted by Gasteiger charge is 2.37. The Labute approximate surface area is 135 Å². The van der Waals surface area contributed by atoms with E-state index in [4.69, 9.17) is 4.74 Å². The lowest BCUT2D eigenvalue weighted by Crippen LogP contribution is -2.42. The molecule has 1 aliphatic rings. The average Bonchev–Trinajstić information content (AvgIpc) is 3.00. The Bertz CT molecular complexity index is 709. The SMILES string of the molecule is COC(=O)C[C@@H]1CCN(C=O)[C@H](c2c[nH]c3ccccc23)[C@H]1C. The van der Waals surface area contributed by atoms with Gasteiger partial charge in [0.25, 0.3) is 0 Å². The molecule has 0 spiro atoms. The average molecular weight is 314 g/mol. The Balaban J connectivity index is 1.95. The van der Waals surface area contributed by atoms with Crippen molar-refractivity contribution >= 4 is 23.3 Å². The molecule has 2 aromatic rings. The number of aromatic amines is 1. The molecule has 23 heavy (non-hydrogen) atoms. The van der Waals surface area contributed by atoms with E-state index in [2.05, 4.69) is 18.0 Å². The molecule has 1 aromatic heterocycles. The predicted octanol–water partition coefficient (Wildman–Crippen LogP) is 2.89. The molecule has 5 nitrogen and oxygen atoms in total. The molecule has 1 N–H and O–H groups in total. The molecule has 0 radical (unpaired) electrons. The van der Waals surface area contributed by atoms with Gasteiger partial charge in [0.1, 0.15) is 0 Å². The van der Waals surface area contributed by atoms with Gasteiger partial charge in [0.15, 0.2) is 0 Å². The molecule has 0 aliphatic carbocycles. The molecular formula is C18H22N2O3. The van der Waals surface area contributed by atoms with E-state index in [1.54, 1.807) is 0 Å². The minimum absolute atomic E-state index is 0.0212. The molecule has 1 fully saturated rings. The van der Waals surface area contributed by atoms with Crippen molar-refractivity contribution in [3.05, 3.63) is 36.0 Å². The summed E-state index contributed by atoms with van der Waals surface area (Å²) in [6.45, 7) is 2.79. The van der Waals surface area contributed by atoms with Crippen LogP contribution in [0.5, 0.6) is 0 Å². The van der Waals surface area contributed by atoms with Crippen molar-refractivity contribution in [2.75, 3.05) is 13.7 Å². The van der Waals surface area contributed by atoms with Crippen molar-refractivity contribution in [3.63, 3.8) is 0 Å². The summed E-state index contributed by atoms with van der Waals surface area (Å²) in [5.74, 6) is 0.226. The second-order valence-corrected chi connectivity index (χ2v) is 6.27. The van der Waals surface area contributed by atoms with Gasteiger partial charge < -0.3 is 14.6 Å². The van der Waals surface area contributed by atoms with Gasteiger partial charge in [0.05, 0.1) is 13.2 Å². The third-order valence-electron chi connectivity index (χ3n) is 5.09. The number of hydrogen-bond donors (Lipinski definition) is 1. The molecule has 1 aliphatic heterocycles. The quantitative estimate of drug-likeness (QED) is 0.697. The summed E-state index contributed by atoms with van der Waals surface area (Å²) in [5, 5.41) is 1.13. The first-order valence-corrected chi connectivity index (χ1v) is 7.99. The molecule has 1 aromatic carbocycles. The van der Waals surface area contributed by atoms with Crippen LogP contribution < -0.4 is 0 Å². The number of carbonyl (C=O) groups is 2. The van der Waals surface area contributed by atoms with E-state index >= 15 is 0 Å². The third-order valence-corrected chi connectivity index (χ3v) is 5.09. The van der Waals surface area contributed by atoms with Crippen LogP contribution in [0.15, 0.2) is 30.5 Å². The van der Waals surface area contributed by atoms with E-state index in [9.17, 15) is 9.59 Å². The second-order valence-electron chi connectivity index (χ2n) is 6.27. The van der Waals surface area contributed by atoms with Gasteiger partial charge in [-0.25, -0.2) is 0 Å². The number of methoxy groups -OCH3 is 1. The molecule has 3 atom stereocenters. The number of nitrogens with zero attached hydrogens (tertiary/aromatic N) is 1. The number of piperidine rings is 1. The first-order chi connectivity index (χ1) is 11.2. The molecule has 3 rings (SSSR count). The van der Waals surface area contributed by atoms with Crippen molar-refractivity contribution in [2.24, 2.45) is 11.8 Å². The van der Waals surface area contributed by atoms with E-state index in [1.165, 1.54) is 7.11 Å². The Morgan fingerprint density at radius 2 is 2.22 bits per heavy atom. The topological polar surface area (TPSA) is 62.4 Å². The molecular weight excluding hydrogens is 292 g/mol. The fourth-order valence-electron chi connectivity index (χ4n) is 3.78. The summed E-state index contributed by atoms with van der Waals surface area (Å²) in [7, 11) is 1.42. The zero-order valence-corrected chi connectivity index (χ0v) is 13.5. The van der Waals surface area contributed by atoms with Crippen LogP contribution in [0.1, 0.15) is 31.4 Å². The Morgan fingerprint density at radius 3 is 2.96 bits per heavy atom. The van der Waals surface area contributed by atoms with Crippen LogP contribution in [0.4, 0.5) is 0 Å². The van der Waals surface area contributed by atoms with E-state index < -0.39 is 0 Å². The molecule has 1 amide bonds. The number of ether oxygens (including phenoxy) is 1. The third kappa shape index (κ3) is 2.83.